The highest BCUT2D eigenvalue weighted by molar-refractivity contribution is 7.71. The van der Waals surface area contributed by atoms with Crippen LogP contribution < -0.4 is 11.1 Å². The number of nitriles is 2. The van der Waals surface area contributed by atoms with Crippen LogP contribution in [0.1, 0.15) is 18.1 Å². The smallest absolute Gasteiger partial charge is 0.221 e. The zero-order chi connectivity index (χ0) is 21.4. The van der Waals surface area contributed by atoms with Crippen molar-refractivity contribution < 1.29 is 9.53 Å². The fourth-order valence-electron chi connectivity index (χ4n) is 2.71. The van der Waals surface area contributed by atoms with Crippen LogP contribution in [0.2, 0.25) is 0 Å². The molecule has 0 radical (unpaired) electrons. The first-order chi connectivity index (χ1) is 13.9. The Kier molecular flexibility index (Phi) is 7.87. The van der Waals surface area contributed by atoms with E-state index in [1.165, 1.54) is 6.92 Å². The maximum Gasteiger partial charge on any atom is 0.221 e. The highest BCUT2D eigenvalue weighted by Crippen LogP contribution is 2.31. The number of pyridine rings is 1. The molecule has 1 aliphatic rings. The number of likely N-dealkylation sites (N-methyl/N-ethyl adjacent to an activating group) is 1. The molecule has 0 spiro atoms. The van der Waals surface area contributed by atoms with E-state index in [-0.39, 0.29) is 27.5 Å². The number of H-pyrrole nitrogens is 1. The minimum atomic E-state index is -0.186. The zero-order valence-corrected chi connectivity index (χ0v) is 17.1. The Morgan fingerprint density at radius 3 is 2.24 bits per heavy atom. The number of nitrogens with zero attached hydrogens (tertiary/aromatic N) is 3. The molecule has 29 heavy (non-hydrogen) atoms. The molecule has 3 rings (SSSR count). The molecule has 1 fully saturated rings. The van der Waals surface area contributed by atoms with Crippen molar-refractivity contribution in [1.29, 1.82) is 10.5 Å². The van der Waals surface area contributed by atoms with Gasteiger partial charge in [0, 0.05) is 31.3 Å². The third-order valence-corrected chi connectivity index (χ3v) is 4.50. The van der Waals surface area contributed by atoms with Crippen molar-refractivity contribution >= 4 is 29.6 Å². The number of aromatic amines is 1. The molecule has 0 saturated carbocycles. The van der Waals surface area contributed by atoms with Gasteiger partial charge in [-0.1, -0.05) is 24.4 Å². The van der Waals surface area contributed by atoms with E-state index in [0.29, 0.717) is 16.8 Å². The van der Waals surface area contributed by atoms with Gasteiger partial charge in [-0.2, -0.15) is 10.5 Å². The lowest BCUT2D eigenvalue weighted by molar-refractivity contribution is -0.114. The second kappa shape index (κ2) is 10.3. The van der Waals surface area contributed by atoms with Crippen molar-refractivity contribution in [3.05, 3.63) is 40.0 Å². The van der Waals surface area contributed by atoms with Gasteiger partial charge in [-0.3, -0.25) is 4.79 Å². The normalized spacial score (nSPS) is 13.4. The first kappa shape index (κ1) is 22.1. The molecule has 2 heterocycles. The van der Waals surface area contributed by atoms with E-state index in [4.69, 9.17) is 22.7 Å². The molecule has 9 heteroatoms. The summed E-state index contributed by atoms with van der Waals surface area (Å²) in [5.74, 6) is -0.0676. The van der Waals surface area contributed by atoms with E-state index in [9.17, 15) is 15.3 Å². The summed E-state index contributed by atoms with van der Waals surface area (Å²) in [6.45, 7) is 5.43. The summed E-state index contributed by atoms with van der Waals surface area (Å²) in [6.07, 6.45) is 0. The molecule has 2 aromatic rings. The van der Waals surface area contributed by atoms with Gasteiger partial charge in [0.25, 0.3) is 0 Å². The molecule has 0 bridgehead atoms. The third-order valence-electron chi connectivity index (χ3n) is 4.20. The molecule has 150 valence electrons. The fourth-order valence-corrected chi connectivity index (χ4v) is 2.97. The molecule has 0 aliphatic carbocycles. The van der Waals surface area contributed by atoms with Crippen molar-refractivity contribution in [2.75, 3.05) is 44.4 Å². The Hall–Kier alpha value is -3.24. The van der Waals surface area contributed by atoms with Crippen LogP contribution in [0.3, 0.4) is 0 Å². The third kappa shape index (κ3) is 5.87. The maximum atomic E-state index is 11.0. The highest BCUT2D eigenvalue weighted by Gasteiger charge is 2.16. The number of amides is 1. The summed E-state index contributed by atoms with van der Waals surface area (Å²) in [5, 5.41) is 21.2. The van der Waals surface area contributed by atoms with Crippen molar-refractivity contribution in [3.63, 3.8) is 0 Å². The number of rotatable bonds is 2. The molecule has 1 amide bonds. The maximum absolute atomic E-state index is 11.0. The van der Waals surface area contributed by atoms with Crippen molar-refractivity contribution in [2.45, 2.75) is 6.92 Å². The molecule has 1 aromatic carbocycles. The molecule has 0 atom stereocenters. The first-order valence-electron chi connectivity index (χ1n) is 8.87. The van der Waals surface area contributed by atoms with Crippen LogP contribution in [0.4, 0.5) is 11.5 Å². The van der Waals surface area contributed by atoms with Crippen LogP contribution in [-0.4, -0.2) is 49.1 Å². The molecule has 0 unspecified atom stereocenters. The van der Waals surface area contributed by atoms with Gasteiger partial charge in [-0.15, -0.1) is 0 Å². The van der Waals surface area contributed by atoms with Gasteiger partial charge in [0.15, 0.2) is 0 Å². The van der Waals surface area contributed by atoms with Crippen LogP contribution in [0, 0.1) is 27.3 Å². The van der Waals surface area contributed by atoms with Gasteiger partial charge in [0.2, 0.25) is 5.91 Å². The van der Waals surface area contributed by atoms with Crippen molar-refractivity contribution in [1.82, 2.24) is 9.88 Å². The minimum Gasteiger partial charge on any atom is -0.384 e. The fraction of sp³-hybridized carbons (Fsp3) is 0.300. The number of anilines is 2. The van der Waals surface area contributed by atoms with E-state index >= 15 is 0 Å². The number of hydrogen-bond donors (Lipinski definition) is 3. The molecule has 4 N–H and O–H groups in total. The molecule has 1 aliphatic heterocycles. The minimum absolute atomic E-state index is 0.118. The second-order valence-electron chi connectivity index (χ2n) is 6.39. The van der Waals surface area contributed by atoms with Gasteiger partial charge in [-0.05, 0) is 24.7 Å². The number of benzene rings is 1. The van der Waals surface area contributed by atoms with E-state index < -0.39 is 0 Å². The van der Waals surface area contributed by atoms with Crippen LogP contribution >= 0.6 is 12.2 Å². The Labute approximate surface area is 174 Å². The van der Waals surface area contributed by atoms with Gasteiger partial charge < -0.3 is 25.7 Å². The summed E-state index contributed by atoms with van der Waals surface area (Å²) in [7, 11) is 2.11. The van der Waals surface area contributed by atoms with Crippen LogP contribution in [0.15, 0.2) is 24.3 Å². The monoisotopic (exact) mass is 410 g/mol. The molecular formula is C20H22N6O2S. The Morgan fingerprint density at radius 1 is 1.21 bits per heavy atom. The largest absolute Gasteiger partial charge is 0.384 e. The van der Waals surface area contributed by atoms with Gasteiger partial charge in [-0.25, -0.2) is 0 Å². The Morgan fingerprint density at radius 2 is 1.79 bits per heavy atom. The highest BCUT2D eigenvalue weighted by atomic mass is 32.1. The van der Waals surface area contributed by atoms with E-state index in [1.54, 1.807) is 24.3 Å². The summed E-state index contributed by atoms with van der Waals surface area (Å²) in [4.78, 5) is 15.9. The van der Waals surface area contributed by atoms with E-state index in [2.05, 4.69) is 22.2 Å². The average molecular weight is 411 g/mol. The molecule has 1 saturated heterocycles. The van der Waals surface area contributed by atoms with Crippen LogP contribution in [0.25, 0.3) is 11.1 Å². The summed E-state index contributed by atoms with van der Waals surface area (Å²) >= 11 is 5.09. The number of carbonyl (C=O) groups excluding carboxylic acids is 1. The van der Waals surface area contributed by atoms with E-state index in [0.717, 1.165) is 26.3 Å². The average Bonchev–Trinajstić information content (AvgIpc) is 2.69. The Balaban J connectivity index is 0.000000360. The zero-order valence-electron chi connectivity index (χ0n) is 16.3. The number of nitrogens with one attached hydrogen (secondary N) is 2. The summed E-state index contributed by atoms with van der Waals surface area (Å²) in [5.41, 5.74) is 7.75. The second-order valence-corrected chi connectivity index (χ2v) is 6.80. The van der Waals surface area contributed by atoms with Crippen molar-refractivity contribution in [3.8, 4) is 23.3 Å². The lowest BCUT2D eigenvalue weighted by Crippen LogP contribution is -2.32. The SMILES string of the molecule is CC(=O)Nc1ccc(-c2c(C#N)c(N)[nH]c(=S)c2C#N)cc1.CN1CCOCC1. The number of nitrogens with two attached hydrogens (primary N) is 1. The molecular weight excluding hydrogens is 388 g/mol. The first-order valence-corrected chi connectivity index (χ1v) is 9.28. The quantitative estimate of drug-likeness (QED) is 0.649. The number of hydrogen-bond acceptors (Lipinski definition) is 7. The predicted molar refractivity (Wildman–Crippen MR) is 114 cm³/mol. The summed E-state index contributed by atoms with van der Waals surface area (Å²) in [6, 6.07) is 10.7. The molecule has 8 nitrogen and oxygen atoms in total. The van der Waals surface area contributed by atoms with Gasteiger partial charge in [0.1, 0.15) is 28.2 Å². The Bertz CT molecular complexity index is 1010. The number of carbonyl (C=O) groups is 1. The van der Waals surface area contributed by atoms with E-state index in [1.807, 2.05) is 12.1 Å². The summed E-state index contributed by atoms with van der Waals surface area (Å²) < 4.78 is 5.28. The standard InChI is InChI=1S/C15H11N5OS.C5H11NO/c1-8(21)19-10-4-2-9(3-5-10)13-11(6-16)14(18)20-15(22)12(13)7-17;1-6-2-4-7-5-3-6/h2-5H,1H3,(H,19,21)(H3,18,20,22);2-5H2,1H3. The van der Waals surface area contributed by atoms with Gasteiger partial charge >= 0.3 is 0 Å². The number of morpholine rings is 1. The lowest BCUT2D eigenvalue weighted by atomic mass is 9.97. The lowest BCUT2D eigenvalue weighted by Gasteiger charge is -2.21. The molecule has 1 aromatic heterocycles. The van der Waals surface area contributed by atoms with Crippen LogP contribution in [-0.2, 0) is 9.53 Å². The van der Waals surface area contributed by atoms with Crippen molar-refractivity contribution in [2.24, 2.45) is 0 Å². The van der Waals surface area contributed by atoms with Gasteiger partial charge in [0.05, 0.1) is 18.8 Å². The number of aromatic nitrogens is 1. The van der Waals surface area contributed by atoms with Crippen LogP contribution in [0.5, 0.6) is 0 Å². The topological polar surface area (TPSA) is 131 Å². The number of nitrogen functional groups attached to an aromatic ring is 1. The number of ether oxygens (including phenoxy) is 1. The predicted octanol–water partition coefficient (Wildman–Crippen LogP) is 2.64.